The first-order valence-electron chi connectivity index (χ1n) is 5.70. The van der Waals surface area contributed by atoms with Gasteiger partial charge in [-0.15, -0.1) is 0 Å². The molecule has 0 nitrogen and oxygen atoms in total. The summed E-state index contributed by atoms with van der Waals surface area (Å²) in [5.41, 5.74) is 3.92. The van der Waals surface area contributed by atoms with Crippen LogP contribution in [-0.4, -0.2) is 0 Å². The second kappa shape index (κ2) is 5.16. The third-order valence-corrected chi connectivity index (χ3v) is 2.53. The van der Waals surface area contributed by atoms with Crippen molar-refractivity contribution in [1.29, 1.82) is 0 Å². The minimum Gasteiger partial charge on any atom is -0.0906 e. The number of hydrogen-bond donors (Lipinski definition) is 0. The van der Waals surface area contributed by atoms with Crippen molar-refractivity contribution in [2.45, 2.75) is 40.0 Å². The van der Waals surface area contributed by atoms with Crippen molar-refractivity contribution in [3.8, 4) is 0 Å². The predicted molar refractivity (Wildman–Crippen MR) is 67.0 cm³/mol. The van der Waals surface area contributed by atoms with Gasteiger partial charge in [0.15, 0.2) is 0 Å². The molecule has 0 bridgehead atoms. The van der Waals surface area contributed by atoms with E-state index in [4.69, 9.17) is 0 Å². The van der Waals surface area contributed by atoms with E-state index in [0.717, 1.165) is 12.0 Å². The lowest BCUT2D eigenvalue weighted by molar-refractivity contribution is 0.646. The van der Waals surface area contributed by atoms with Gasteiger partial charge in [-0.05, 0) is 41.0 Å². The van der Waals surface area contributed by atoms with Gasteiger partial charge >= 0.3 is 0 Å². The van der Waals surface area contributed by atoms with Crippen LogP contribution in [0.3, 0.4) is 0 Å². The highest BCUT2D eigenvalue weighted by molar-refractivity contribution is 5.35. The molecule has 0 aliphatic rings. The zero-order chi connectivity index (χ0) is 11.4. The second-order valence-electron chi connectivity index (χ2n) is 4.89. The zero-order valence-corrected chi connectivity index (χ0v) is 10.3. The molecule has 0 saturated carbocycles. The minimum atomic E-state index is 0.573. The molecule has 0 aromatic heterocycles. The molecule has 0 saturated heterocycles. The van der Waals surface area contributed by atoms with Crippen molar-refractivity contribution in [2.24, 2.45) is 5.92 Å². The van der Waals surface area contributed by atoms with E-state index in [1.165, 1.54) is 11.1 Å². The van der Waals surface area contributed by atoms with E-state index in [2.05, 4.69) is 58.5 Å². The highest BCUT2D eigenvalue weighted by Gasteiger charge is 2.04. The molecule has 0 aliphatic heterocycles. The van der Waals surface area contributed by atoms with Crippen LogP contribution in [0.5, 0.6) is 0 Å². The minimum absolute atomic E-state index is 0.573. The third-order valence-electron chi connectivity index (χ3n) is 2.53. The lowest BCUT2D eigenvalue weighted by Gasteiger charge is -2.11. The van der Waals surface area contributed by atoms with Crippen LogP contribution in [-0.2, 0) is 6.42 Å². The molecule has 0 spiro atoms. The quantitative estimate of drug-likeness (QED) is 0.679. The largest absolute Gasteiger partial charge is 0.0906 e. The van der Waals surface area contributed by atoms with Crippen LogP contribution in [0.4, 0.5) is 0 Å². The van der Waals surface area contributed by atoms with Gasteiger partial charge in [-0.25, -0.2) is 0 Å². The van der Waals surface area contributed by atoms with Gasteiger partial charge in [0.05, 0.1) is 0 Å². The molecular formula is C15H21. The Labute approximate surface area is 94.0 Å². The van der Waals surface area contributed by atoms with Crippen molar-refractivity contribution in [2.75, 3.05) is 0 Å². The molecule has 81 valence electrons. The molecule has 1 rings (SSSR count). The average Bonchev–Trinajstić information content (AvgIpc) is 2.16. The zero-order valence-electron chi connectivity index (χ0n) is 10.3. The van der Waals surface area contributed by atoms with Crippen LogP contribution in [0.15, 0.2) is 24.8 Å². The van der Waals surface area contributed by atoms with Crippen LogP contribution in [0.25, 0.3) is 0 Å². The van der Waals surface area contributed by atoms with Crippen molar-refractivity contribution >= 4 is 0 Å². The van der Waals surface area contributed by atoms with Gasteiger partial charge in [0.25, 0.3) is 0 Å². The Hall–Kier alpha value is -1.04. The molecule has 0 heterocycles. The number of hydrogen-bond acceptors (Lipinski definition) is 0. The van der Waals surface area contributed by atoms with Crippen molar-refractivity contribution in [3.63, 3.8) is 0 Å². The first-order valence-corrected chi connectivity index (χ1v) is 5.70. The Morgan fingerprint density at radius 2 is 1.80 bits per heavy atom. The normalized spacial score (nSPS) is 11.1. The van der Waals surface area contributed by atoms with E-state index in [-0.39, 0.29) is 0 Å². The van der Waals surface area contributed by atoms with Crippen molar-refractivity contribution in [3.05, 3.63) is 47.5 Å². The number of benzene rings is 1. The fraction of sp³-hybridized carbons (Fsp3) is 0.467. The fourth-order valence-electron chi connectivity index (χ4n) is 1.74. The maximum Gasteiger partial charge on any atom is -0.0178 e. The van der Waals surface area contributed by atoms with Crippen LogP contribution >= 0.6 is 0 Å². The van der Waals surface area contributed by atoms with Gasteiger partial charge in [-0.3, -0.25) is 0 Å². The Balaban J connectivity index is 3.05. The summed E-state index contributed by atoms with van der Waals surface area (Å²) in [6.45, 7) is 12.7. The first-order chi connectivity index (χ1) is 7.02. The molecule has 0 unspecified atom stereocenters. The van der Waals surface area contributed by atoms with E-state index in [9.17, 15) is 0 Å². The maximum absolute atomic E-state index is 3.73. The predicted octanol–water partition coefficient (Wildman–Crippen LogP) is 4.35. The summed E-state index contributed by atoms with van der Waals surface area (Å²) >= 11 is 0. The Kier molecular flexibility index (Phi) is 4.14. The summed E-state index contributed by atoms with van der Waals surface area (Å²) in [6, 6.07) is 6.69. The molecule has 0 amide bonds. The lowest BCUT2D eigenvalue weighted by Crippen LogP contribution is -1.97. The summed E-state index contributed by atoms with van der Waals surface area (Å²) < 4.78 is 0. The SMILES string of the molecule is C=[C]c1cc(CC(C)C)cc(C(C)C)c1. The summed E-state index contributed by atoms with van der Waals surface area (Å²) in [6.07, 6.45) is 4.12. The Morgan fingerprint density at radius 1 is 1.13 bits per heavy atom. The van der Waals surface area contributed by atoms with Gasteiger partial charge in [-0.1, -0.05) is 52.5 Å². The Bertz CT molecular complexity index is 332. The van der Waals surface area contributed by atoms with Crippen LogP contribution in [0, 0.1) is 12.0 Å². The standard InChI is InChI=1S/C15H21/c1-6-13-8-14(7-11(2)3)10-15(9-13)12(4)5/h8-12H,1,7H2,2-5H3. The van der Waals surface area contributed by atoms with Crippen LogP contribution < -0.4 is 0 Å². The molecule has 0 aliphatic carbocycles. The van der Waals surface area contributed by atoms with Gasteiger partial charge in [-0.2, -0.15) is 0 Å². The smallest absolute Gasteiger partial charge is 0.0178 e. The molecule has 0 heteroatoms. The highest BCUT2D eigenvalue weighted by atomic mass is 14.1. The molecule has 1 aromatic carbocycles. The topological polar surface area (TPSA) is 0 Å². The van der Waals surface area contributed by atoms with E-state index in [0.29, 0.717) is 11.8 Å². The molecular weight excluding hydrogens is 180 g/mol. The number of rotatable bonds is 4. The summed E-state index contributed by atoms with van der Waals surface area (Å²) in [5, 5.41) is 0. The summed E-state index contributed by atoms with van der Waals surface area (Å²) in [7, 11) is 0. The second-order valence-corrected chi connectivity index (χ2v) is 4.89. The molecule has 15 heavy (non-hydrogen) atoms. The van der Waals surface area contributed by atoms with E-state index in [1.54, 1.807) is 0 Å². The Morgan fingerprint density at radius 3 is 2.27 bits per heavy atom. The van der Waals surface area contributed by atoms with Gasteiger partial charge in [0.1, 0.15) is 0 Å². The first kappa shape index (κ1) is 12.0. The van der Waals surface area contributed by atoms with E-state index in [1.807, 2.05) is 0 Å². The van der Waals surface area contributed by atoms with Crippen LogP contribution in [0.1, 0.15) is 50.3 Å². The lowest BCUT2D eigenvalue weighted by atomic mass is 9.94. The van der Waals surface area contributed by atoms with E-state index >= 15 is 0 Å². The van der Waals surface area contributed by atoms with Gasteiger partial charge in [0, 0.05) is 0 Å². The summed E-state index contributed by atoms with van der Waals surface area (Å²) in [5.74, 6) is 1.27. The molecule has 1 radical (unpaired) electrons. The van der Waals surface area contributed by atoms with Crippen LogP contribution in [0.2, 0.25) is 0 Å². The van der Waals surface area contributed by atoms with Crippen molar-refractivity contribution in [1.82, 2.24) is 0 Å². The monoisotopic (exact) mass is 201 g/mol. The van der Waals surface area contributed by atoms with Gasteiger partial charge in [0.2, 0.25) is 0 Å². The molecule has 0 atom stereocenters. The molecule has 0 N–H and O–H groups in total. The van der Waals surface area contributed by atoms with Crippen molar-refractivity contribution < 1.29 is 0 Å². The van der Waals surface area contributed by atoms with E-state index < -0.39 is 0 Å². The fourth-order valence-corrected chi connectivity index (χ4v) is 1.74. The molecule has 1 aromatic rings. The molecule has 0 fully saturated rings. The highest BCUT2D eigenvalue weighted by Crippen LogP contribution is 2.20. The van der Waals surface area contributed by atoms with Gasteiger partial charge < -0.3 is 0 Å². The third kappa shape index (κ3) is 3.54. The average molecular weight is 201 g/mol. The maximum atomic E-state index is 3.73. The summed E-state index contributed by atoms with van der Waals surface area (Å²) in [4.78, 5) is 0.